The van der Waals surface area contributed by atoms with Gasteiger partial charge in [0.15, 0.2) is 0 Å². The first-order valence-corrected chi connectivity index (χ1v) is 7.25. The molecule has 0 aliphatic carbocycles. The molecule has 2 unspecified atom stereocenters. The number of nitrogens with one attached hydrogen (secondary N) is 1. The van der Waals surface area contributed by atoms with E-state index in [1.54, 1.807) is 0 Å². The van der Waals surface area contributed by atoms with Gasteiger partial charge in [0.25, 0.3) is 0 Å². The molecular weight excluding hydrogens is 236 g/mol. The molecule has 0 spiro atoms. The van der Waals surface area contributed by atoms with Gasteiger partial charge in [0.1, 0.15) is 0 Å². The largest absolute Gasteiger partial charge is 0.396 e. The maximum atomic E-state index is 8.85. The van der Waals surface area contributed by atoms with Crippen molar-refractivity contribution in [1.82, 2.24) is 5.32 Å². The topological polar surface area (TPSA) is 58.3 Å². The van der Waals surface area contributed by atoms with E-state index in [1.807, 2.05) is 0 Å². The van der Waals surface area contributed by atoms with Crippen LogP contribution in [0.2, 0.25) is 0 Å². The van der Waals surface area contributed by atoms with Crippen LogP contribution in [-0.4, -0.2) is 24.3 Å². The van der Waals surface area contributed by atoms with Crippen LogP contribution in [0.15, 0.2) is 24.3 Å². The summed E-state index contributed by atoms with van der Waals surface area (Å²) in [5.74, 6) is 0.557. The third-order valence-corrected chi connectivity index (χ3v) is 3.52. The number of nitrogens with two attached hydrogens (primary N) is 1. The summed E-state index contributed by atoms with van der Waals surface area (Å²) in [5, 5.41) is 12.4. The molecular formula is C16H28N2O. The van der Waals surface area contributed by atoms with Crippen molar-refractivity contribution in [3.05, 3.63) is 35.4 Å². The van der Waals surface area contributed by atoms with Crippen LogP contribution in [0.1, 0.15) is 56.7 Å². The molecule has 0 saturated carbocycles. The molecule has 3 nitrogen and oxygen atoms in total. The van der Waals surface area contributed by atoms with Gasteiger partial charge in [0.05, 0.1) is 0 Å². The quantitative estimate of drug-likeness (QED) is 0.676. The zero-order valence-corrected chi connectivity index (χ0v) is 12.4. The first-order valence-electron chi connectivity index (χ1n) is 7.25. The van der Waals surface area contributed by atoms with Crippen LogP contribution in [0.4, 0.5) is 0 Å². The van der Waals surface area contributed by atoms with Crippen LogP contribution in [0.25, 0.3) is 0 Å². The van der Waals surface area contributed by atoms with E-state index in [-0.39, 0.29) is 12.6 Å². The predicted octanol–water partition coefficient (Wildman–Crippen LogP) is 2.56. The number of aliphatic hydroxyl groups excluding tert-OH is 1. The van der Waals surface area contributed by atoms with Crippen molar-refractivity contribution in [2.45, 2.75) is 51.6 Å². The molecule has 1 rings (SSSR count). The lowest BCUT2D eigenvalue weighted by molar-refractivity contribution is 0.274. The minimum absolute atomic E-state index is 0.190. The summed E-state index contributed by atoms with van der Waals surface area (Å²) in [4.78, 5) is 0. The van der Waals surface area contributed by atoms with Crippen LogP contribution in [-0.2, 0) is 0 Å². The number of hydrogen-bond acceptors (Lipinski definition) is 3. The summed E-state index contributed by atoms with van der Waals surface area (Å²) in [7, 11) is 0. The summed E-state index contributed by atoms with van der Waals surface area (Å²) in [6.45, 7) is 7.38. The van der Waals surface area contributed by atoms with E-state index >= 15 is 0 Å². The molecule has 4 N–H and O–H groups in total. The van der Waals surface area contributed by atoms with Gasteiger partial charge in [-0.3, -0.25) is 0 Å². The average Bonchev–Trinajstić information content (AvgIpc) is 2.42. The predicted molar refractivity (Wildman–Crippen MR) is 81.2 cm³/mol. The van der Waals surface area contributed by atoms with Crippen molar-refractivity contribution in [2.75, 3.05) is 13.2 Å². The van der Waals surface area contributed by atoms with Crippen molar-refractivity contribution in [2.24, 2.45) is 5.73 Å². The Morgan fingerprint density at radius 3 is 2.16 bits per heavy atom. The van der Waals surface area contributed by atoms with E-state index in [4.69, 9.17) is 10.8 Å². The molecule has 0 aromatic heterocycles. The normalized spacial score (nSPS) is 14.6. The Morgan fingerprint density at radius 1 is 1.11 bits per heavy atom. The highest BCUT2D eigenvalue weighted by Gasteiger charge is 2.12. The molecule has 0 amide bonds. The second kappa shape index (κ2) is 8.31. The smallest absolute Gasteiger partial charge is 0.0446 e. The number of hydrogen-bond donors (Lipinski definition) is 3. The second-order valence-corrected chi connectivity index (χ2v) is 5.54. The van der Waals surface area contributed by atoms with Crippen molar-refractivity contribution in [3.63, 3.8) is 0 Å². The molecule has 108 valence electrons. The van der Waals surface area contributed by atoms with Gasteiger partial charge >= 0.3 is 0 Å². The molecule has 0 radical (unpaired) electrons. The highest BCUT2D eigenvalue weighted by Crippen LogP contribution is 2.19. The van der Waals surface area contributed by atoms with Gasteiger partial charge in [-0.05, 0) is 36.8 Å². The van der Waals surface area contributed by atoms with Gasteiger partial charge in [-0.15, -0.1) is 0 Å². The Kier molecular flexibility index (Phi) is 7.06. The zero-order valence-electron chi connectivity index (χ0n) is 12.4. The van der Waals surface area contributed by atoms with E-state index in [9.17, 15) is 0 Å². The SMILES string of the molecule is CC(CCCO)NC(CN)c1ccc(C(C)C)cc1. The summed E-state index contributed by atoms with van der Waals surface area (Å²) in [6, 6.07) is 9.25. The fourth-order valence-electron chi connectivity index (χ4n) is 2.24. The Hall–Kier alpha value is -0.900. The summed E-state index contributed by atoms with van der Waals surface area (Å²) in [5.41, 5.74) is 8.46. The van der Waals surface area contributed by atoms with Gasteiger partial charge < -0.3 is 16.2 Å². The highest BCUT2D eigenvalue weighted by atomic mass is 16.2. The van der Waals surface area contributed by atoms with Gasteiger partial charge in [-0.25, -0.2) is 0 Å². The number of aliphatic hydroxyl groups is 1. The van der Waals surface area contributed by atoms with Gasteiger partial charge in [-0.2, -0.15) is 0 Å². The van der Waals surface area contributed by atoms with E-state index in [1.165, 1.54) is 11.1 Å². The van der Waals surface area contributed by atoms with Crippen LogP contribution in [0.3, 0.4) is 0 Å². The average molecular weight is 264 g/mol. The Bertz CT molecular complexity index is 348. The van der Waals surface area contributed by atoms with Crippen LogP contribution < -0.4 is 11.1 Å². The third kappa shape index (κ3) is 5.31. The number of rotatable bonds is 8. The fourth-order valence-corrected chi connectivity index (χ4v) is 2.24. The van der Waals surface area contributed by atoms with Crippen LogP contribution in [0, 0.1) is 0 Å². The van der Waals surface area contributed by atoms with Gasteiger partial charge in [0.2, 0.25) is 0 Å². The summed E-state index contributed by atoms with van der Waals surface area (Å²) >= 11 is 0. The van der Waals surface area contributed by atoms with Gasteiger partial charge in [0, 0.05) is 25.2 Å². The first-order chi connectivity index (χ1) is 9.08. The standard InChI is InChI=1S/C16H28N2O/c1-12(2)14-6-8-15(9-7-14)16(11-17)18-13(3)5-4-10-19/h6-9,12-13,16,18-19H,4-5,10-11,17H2,1-3H3. The molecule has 2 atom stereocenters. The maximum Gasteiger partial charge on any atom is 0.0446 e. The van der Waals surface area contributed by atoms with Crippen LogP contribution >= 0.6 is 0 Å². The lowest BCUT2D eigenvalue weighted by Gasteiger charge is -2.23. The molecule has 0 saturated heterocycles. The molecule has 0 bridgehead atoms. The Labute approximate surface area is 117 Å². The third-order valence-electron chi connectivity index (χ3n) is 3.52. The molecule has 19 heavy (non-hydrogen) atoms. The lowest BCUT2D eigenvalue weighted by atomic mass is 9.98. The molecule has 3 heteroatoms. The number of benzene rings is 1. The van der Waals surface area contributed by atoms with E-state index in [0.717, 1.165) is 12.8 Å². The summed E-state index contributed by atoms with van der Waals surface area (Å²) < 4.78 is 0. The van der Waals surface area contributed by atoms with E-state index in [2.05, 4.69) is 50.4 Å². The summed E-state index contributed by atoms with van der Waals surface area (Å²) in [6.07, 6.45) is 1.80. The Morgan fingerprint density at radius 2 is 1.68 bits per heavy atom. The van der Waals surface area contributed by atoms with E-state index in [0.29, 0.717) is 18.5 Å². The Balaban J connectivity index is 2.63. The first kappa shape index (κ1) is 16.2. The van der Waals surface area contributed by atoms with Gasteiger partial charge in [-0.1, -0.05) is 38.1 Å². The molecule has 1 aromatic rings. The second-order valence-electron chi connectivity index (χ2n) is 5.54. The van der Waals surface area contributed by atoms with Crippen molar-refractivity contribution in [3.8, 4) is 0 Å². The van der Waals surface area contributed by atoms with Crippen molar-refractivity contribution < 1.29 is 5.11 Å². The van der Waals surface area contributed by atoms with Crippen LogP contribution in [0.5, 0.6) is 0 Å². The minimum atomic E-state index is 0.190. The maximum absolute atomic E-state index is 8.85. The van der Waals surface area contributed by atoms with E-state index < -0.39 is 0 Å². The lowest BCUT2D eigenvalue weighted by Crippen LogP contribution is -2.35. The van der Waals surface area contributed by atoms with Crippen molar-refractivity contribution in [1.29, 1.82) is 0 Å². The molecule has 0 heterocycles. The molecule has 0 aliphatic rings. The monoisotopic (exact) mass is 264 g/mol. The molecule has 1 aromatic carbocycles. The zero-order chi connectivity index (χ0) is 14.3. The fraction of sp³-hybridized carbons (Fsp3) is 0.625. The minimum Gasteiger partial charge on any atom is -0.396 e. The molecule has 0 fully saturated rings. The van der Waals surface area contributed by atoms with Crippen molar-refractivity contribution >= 4 is 0 Å². The molecule has 0 aliphatic heterocycles. The highest BCUT2D eigenvalue weighted by molar-refractivity contribution is 5.27.